The smallest absolute Gasteiger partial charge is 0.194 e. The number of hydrogen-bond acceptors (Lipinski definition) is 3. The van der Waals surface area contributed by atoms with Crippen molar-refractivity contribution in [1.29, 1.82) is 5.26 Å². The number of para-hydroxylation sites is 1. The normalized spacial score (nSPS) is 14.3. The Labute approximate surface area is 178 Å². The number of benzene rings is 2. The van der Waals surface area contributed by atoms with Gasteiger partial charge in [0.25, 0.3) is 0 Å². The van der Waals surface area contributed by atoms with E-state index < -0.39 is 0 Å². The second-order valence-electron chi connectivity index (χ2n) is 6.29. The van der Waals surface area contributed by atoms with Gasteiger partial charge in [-0.15, -0.1) is 24.0 Å². The van der Waals surface area contributed by atoms with E-state index in [1.54, 1.807) is 0 Å². The van der Waals surface area contributed by atoms with E-state index in [1.807, 2.05) is 24.3 Å². The molecule has 0 atom stereocenters. The molecule has 142 valence electrons. The molecular formula is C21H26IN5. The number of aliphatic imine (C=N–C) groups is 1. The van der Waals surface area contributed by atoms with Crippen LogP contribution in [0.4, 0.5) is 5.69 Å². The third-order valence-electron chi connectivity index (χ3n) is 4.50. The molecule has 1 aliphatic heterocycles. The summed E-state index contributed by atoms with van der Waals surface area (Å²) in [6.07, 6.45) is 0. The second kappa shape index (κ2) is 10.8. The van der Waals surface area contributed by atoms with Crippen LogP contribution in [0, 0.1) is 11.3 Å². The Morgan fingerprint density at radius 1 is 1.07 bits per heavy atom. The van der Waals surface area contributed by atoms with Crippen LogP contribution >= 0.6 is 24.0 Å². The highest BCUT2D eigenvalue weighted by Gasteiger charge is 2.19. The lowest BCUT2D eigenvalue weighted by atomic mass is 10.1. The van der Waals surface area contributed by atoms with Crippen molar-refractivity contribution in [3.05, 3.63) is 65.7 Å². The number of halogens is 1. The molecule has 0 saturated carbocycles. The summed E-state index contributed by atoms with van der Waals surface area (Å²) in [4.78, 5) is 9.51. The van der Waals surface area contributed by atoms with E-state index in [1.165, 1.54) is 5.69 Å². The van der Waals surface area contributed by atoms with Crippen LogP contribution in [0.1, 0.15) is 18.1 Å². The topological polar surface area (TPSA) is 54.7 Å². The third kappa shape index (κ3) is 5.86. The molecule has 3 rings (SSSR count). The number of guanidine groups is 1. The summed E-state index contributed by atoms with van der Waals surface area (Å²) in [7, 11) is 0. The van der Waals surface area contributed by atoms with Crippen molar-refractivity contribution in [3.63, 3.8) is 0 Å². The number of rotatable bonds is 4. The molecule has 0 aromatic heterocycles. The molecule has 27 heavy (non-hydrogen) atoms. The molecule has 0 radical (unpaired) electrons. The molecular weight excluding hydrogens is 449 g/mol. The molecule has 6 heteroatoms. The Bertz CT molecular complexity index is 777. The van der Waals surface area contributed by atoms with Crippen LogP contribution < -0.4 is 10.2 Å². The molecule has 0 bridgehead atoms. The Morgan fingerprint density at radius 2 is 1.81 bits per heavy atom. The van der Waals surface area contributed by atoms with Gasteiger partial charge in [-0.3, -0.25) is 0 Å². The van der Waals surface area contributed by atoms with Crippen molar-refractivity contribution in [1.82, 2.24) is 10.2 Å². The van der Waals surface area contributed by atoms with Crippen molar-refractivity contribution < 1.29 is 0 Å². The molecule has 1 saturated heterocycles. The molecule has 1 N–H and O–H groups in total. The zero-order valence-corrected chi connectivity index (χ0v) is 18.0. The maximum absolute atomic E-state index is 9.04. The van der Waals surface area contributed by atoms with Crippen molar-refractivity contribution in [2.75, 3.05) is 37.6 Å². The molecule has 1 fully saturated rings. The lowest BCUT2D eigenvalue weighted by Crippen LogP contribution is -2.52. The van der Waals surface area contributed by atoms with Gasteiger partial charge in [-0.05, 0) is 36.8 Å². The molecule has 2 aromatic carbocycles. The summed E-state index contributed by atoms with van der Waals surface area (Å²) < 4.78 is 0. The number of nitrogens with zero attached hydrogens (tertiary/aromatic N) is 4. The van der Waals surface area contributed by atoms with E-state index in [4.69, 9.17) is 10.3 Å². The lowest BCUT2D eigenvalue weighted by Gasteiger charge is -2.37. The summed E-state index contributed by atoms with van der Waals surface area (Å²) in [5.41, 5.74) is 3.02. The van der Waals surface area contributed by atoms with Gasteiger partial charge >= 0.3 is 0 Å². The van der Waals surface area contributed by atoms with E-state index in [0.717, 1.165) is 44.2 Å². The van der Waals surface area contributed by atoms with E-state index in [-0.39, 0.29) is 24.0 Å². The zero-order valence-electron chi connectivity index (χ0n) is 15.6. The summed E-state index contributed by atoms with van der Waals surface area (Å²) >= 11 is 0. The monoisotopic (exact) mass is 475 g/mol. The number of piperazine rings is 1. The van der Waals surface area contributed by atoms with Gasteiger partial charge in [-0.2, -0.15) is 5.26 Å². The first kappa shape index (κ1) is 21.0. The van der Waals surface area contributed by atoms with Gasteiger partial charge in [0.05, 0.1) is 18.2 Å². The lowest BCUT2D eigenvalue weighted by molar-refractivity contribution is 0.372. The van der Waals surface area contributed by atoms with Crippen LogP contribution in [0.5, 0.6) is 0 Å². The van der Waals surface area contributed by atoms with Crippen LogP contribution in [-0.4, -0.2) is 43.6 Å². The van der Waals surface area contributed by atoms with Gasteiger partial charge in [0, 0.05) is 38.4 Å². The van der Waals surface area contributed by atoms with Crippen LogP contribution in [0.2, 0.25) is 0 Å². The fraction of sp³-hybridized carbons (Fsp3) is 0.333. The van der Waals surface area contributed by atoms with Crippen LogP contribution in [0.3, 0.4) is 0 Å². The van der Waals surface area contributed by atoms with Gasteiger partial charge < -0.3 is 15.1 Å². The molecule has 0 amide bonds. The van der Waals surface area contributed by atoms with Gasteiger partial charge in [-0.1, -0.05) is 30.3 Å². The van der Waals surface area contributed by atoms with E-state index in [9.17, 15) is 0 Å². The first-order chi connectivity index (χ1) is 12.8. The summed E-state index contributed by atoms with van der Waals surface area (Å²) in [6.45, 7) is 7.37. The van der Waals surface area contributed by atoms with Crippen molar-refractivity contribution in [2.45, 2.75) is 13.5 Å². The Kier molecular flexibility index (Phi) is 8.40. The van der Waals surface area contributed by atoms with Crippen LogP contribution in [0.25, 0.3) is 0 Å². The quantitative estimate of drug-likeness (QED) is 0.418. The fourth-order valence-electron chi connectivity index (χ4n) is 3.15. The van der Waals surface area contributed by atoms with Gasteiger partial charge in [0.1, 0.15) is 0 Å². The predicted octanol–water partition coefficient (Wildman–Crippen LogP) is 3.46. The van der Waals surface area contributed by atoms with E-state index >= 15 is 0 Å². The van der Waals surface area contributed by atoms with Crippen molar-refractivity contribution in [2.24, 2.45) is 4.99 Å². The highest BCUT2D eigenvalue weighted by molar-refractivity contribution is 14.0. The Morgan fingerprint density at radius 3 is 2.48 bits per heavy atom. The predicted molar refractivity (Wildman–Crippen MR) is 122 cm³/mol. The number of nitrogens with one attached hydrogen (secondary N) is 1. The molecule has 0 unspecified atom stereocenters. The zero-order chi connectivity index (χ0) is 18.2. The maximum atomic E-state index is 9.04. The molecule has 1 aliphatic rings. The van der Waals surface area contributed by atoms with Gasteiger partial charge in [0.15, 0.2) is 5.96 Å². The van der Waals surface area contributed by atoms with Gasteiger partial charge in [-0.25, -0.2) is 4.99 Å². The number of nitriles is 1. The standard InChI is InChI=1S/C21H25N5.HI/c1-2-23-21(24-17-19-8-6-7-18(15-19)16-22)26-13-11-25(12-14-26)20-9-4-3-5-10-20;/h3-10,15H,2,11-14,17H2,1H3,(H,23,24);1H. The first-order valence-electron chi connectivity index (χ1n) is 9.12. The molecule has 5 nitrogen and oxygen atoms in total. The third-order valence-corrected chi connectivity index (χ3v) is 4.50. The molecule has 1 heterocycles. The van der Waals surface area contributed by atoms with Crippen LogP contribution in [-0.2, 0) is 6.54 Å². The van der Waals surface area contributed by atoms with E-state index in [0.29, 0.717) is 12.1 Å². The maximum Gasteiger partial charge on any atom is 0.194 e. The minimum Gasteiger partial charge on any atom is -0.368 e. The van der Waals surface area contributed by atoms with Crippen molar-refractivity contribution in [3.8, 4) is 6.07 Å². The number of anilines is 1. The fourth-order valence-corrected chi connectivity index (χ4v) is 3.15. The minimum atomic E-state index is 0. The molecule has 2 aromatic rings. The highest BCUT2D eigenvalue weighted by atomic mass is 127. The summed E-state index contributed by atoms with van der Waals surface area (Å²) in [5.74, 6) is 0.947. The molecule has 0 aliphatic carbocycles. The minimum absolute atomic E-state index is 0. The summed E-state index contributed by atoms with van der Waals surface area (Å²) in [5, 5.41) is 12.4. The molecule has 0 spiro atoms. The average Bonchev–Trinajstić information content (AvgIpc) is 2.72. The Hall–Kier alpha value is -2.27. The highest BCUT2D eigenvalue weighted by Crippen LogP contribution is 2.15. The largest absolute Gasteiger partial charge is 0.368 e. The average molecular weight is 475 g/mol. The van der Waals surface area contributed by atoms with Crippen molar-refractivity contribution >= 4 is 35.6 Å². The van der Waals surface area contributed by atoms with Crippen LogP contribution in [0.15, 0.2) is 59.6 Å². The second-order valence-corrected chi connectivity index (χ2v) is 6.29. The number of hydrogen-bond donors (Lipinski definition) is 1. The first-order valence-corrected chi connectivity index (χ1v) is 9.12. The Balaban J connectivity index is 0.00000261. The SMILES string of the molecule is CCNC(=NCc1cccc(C#N)c1)N1CCN(c2ccccc2)CC1.I. The van der Waals surface area contributed by atoms with E-state index in [2.05, 4.69) is 58.4 Å². The van der Waals surface area contributed by atoms with Gasteiger partial charge in [0.2, 0.25) is 0 Å². The summed E-state index contributed by atoms with van der Waals surface area (Å²) in [6, 6.07) is 20.4.